The predicted molar refractivity (Wildman–Crippen MR) is 99.3 cm³/mol. The fraction of sp³-hybridized carbons (Fsp3) is 0.444. The van der Waals surface area contributed by atoms with Crippen molar-refractivity contribution in [1.29, 1.82) is 0 Å². The maximum atomic E-state index is 13.3. The van der Waals surface area contributed by atoms with E-state index >= 15 is 0 Å². The summed E-state index contributed by atoms with van der Waals surface area (Å²) in [6.07, 6.45) is 7.84. The van der Waals surface area contributed by atoms with Crippen LogP contribution in [0, 0.1) is 5.92 Å². The predicted octanol–water partition coefficient (Wildman–Crippen LogP) is 3.31. The van der Waals surface area contributed by atoms with Gasteiger partial charge in [-0.3, -0.25) is 9.97 Å². The lowest BCUT2D eigenvalue weighted by Gasteiger charge is -2.33. The molecule has 0 aliphatic carbocycles. The summed E-state index contributed by atoms with van der Waals surface area (Å²) in [5.74, 6) is 0.254. The van der Waals surface area contributed by atoms with E-state index in [2.05, 4.69) is 9.97 Å². The highest BCUT2D eigenvalue weighted by Gasteiger charge is 2.33. The van der Waals surface area contributed by atoms with E-state index in [1.807, 2.05) is 19.1 Å². The van der Waals surface area contributed by atoms with Crippen molar-refractivity contribution in [3.63, 3.8) is 0 Å². The van der Waals surface area contributed by atoms with E-state index in [9.17, 15) is 8.42 Å². The van der Waals surface area contributed by atoms with Gasteiger partial charge in [0, 0.05) is 50.6 Å². The number of hydrogen-bond donors (Lipinski definition) is 0. The molecule has 1 fully saturated rings. The van der Waals surface area contributed by atoms with E-state index in [-0.39, 0.29) is 16.9 Å². The summed E-state index contributed by atoms with van der Waals surface area (Å²) in [7, 11) is -3.75. The molecular weight excluding hydrogens is 374 g/mol. The molecule has 0 spiro atoms. The standard InChI is InChI=1S/C18H22ClN3O3S/c1-14(16-3-2-6-20-10-16)22(13-15-4-7-25-8-5-15)26(23,24)18-9-17(19)11-21-12-18/h2-3,6,9-12,14-15H,4-5,7-8,13H2,1H3/t14-/m0/s1. The number of nitrogens with zero attached hydrogens (tertiary/aromatic N) is 3. The van der Waals surface area contributed by atoms with Crippen LogP contribution in [-0.4, -0.2) is 42.4 Å². The third-order valence-electron chi connectivity index (χ3n) is 4.66. The van der Waals surface area contributed by atoms with Gasteiger partial charge in [0.25, 0.3) is 0 Å². The summed E-state index contributed by atoms with van der Waals surface area (Å²) < 4.78 is 33.6. The minimum absolute atomic E-state index is 0.104. The van der Waals surface area contributed by atoms with Crippen molar-refractivity contribution >= 4 is 21.6 Å². The molecule has 1 aliphatic heterocycles. The van der Waals surface area contributed by atoms with Crippen LogP contribution in [0.25, 0.3) is 0 Å². The Morgan fingerprint density at radius 2 is 2.04 bits per heavy atom. The minimum atomic E-state index is -3.75. The lowest BCUT2D eigenvalue weighted by atomic mass is 9.99. The molecule has 0 aromatic carbocycles. The van der Waals surface area contributed by atoms with Gasteiger partial charge in [-0.15, -0.1) is 0 Å². The lowest BCUT2D eigenvalue weighted by molar-refractivity contribution is 0.0581. The summed E-state index contributed by atoms with van der Waals surface area (Å²) in [6.45, 7) is 3.64. The molecule has 26 heavy (non-hydrogen) atoms. The van der Waals surface area contributed by atoms with Gasteiger partial charge in [-0.2, -0.15) is 4.31 Å². The molecule has 3 heterocycles. The molecule has 140 valence electrons. The van der Waals surface area contributed by atoms with Gasteiger partial charge in [-0.25, -0.2) is 8.42 Å². The van der Waals surface area contributed by atoms with Crippen LogP contribution in [-0.2, 0) is 14.8 Å². The van der Waals surface area contributed by atoms with E-state index in [4.69, 9.17) is 16.3 Å². The molecule has 1 atom stereocenters. The van der Waals surface area contributed by atoms with E-state index < -0.39 is 10.0 Å². The average Bonchev–Trinajstić information content (AvgIpc) is 2.67. The molecular formula is C18H22ClN3O3S. The van der Waals surface area contributed by atoms with Crippen LogP contribution in [0.4, 0.5) is 0 Å². The molecule has 0 radical (unpaired) electrons. The molecule has 0 unspecified atom stereocenters. The zero-order chi connectivity index (χ0) is 18.6. The maximum Gasteiger partial charge on any atom is 0.245 e. The highest BCUT2D eigenvalue weighted by Crippen LogP contribution is 2.30. The van der Waals surface area contributed by atoms with Crippen LogP contribution in [0.2, 0.25) is 5.02 Å². The van der Waals surface area contributed by atoms with Crippen LogP contribution in [0.5, 0.6) is 0 Å². The Hall–Kier alpha value is -1.54. The van der Waals surface area contributed by atoms with Crippen molar-refractivity contribution < 1.29 is 13.2 Å². The van der Waals surface area contributed by atoms with E-state index in [1.165, 1.54) is 22.8 Å². The number of halogens is 1. The smallest absolute Gasteiger partial charge is 0.245 e. The van der Waals surface area contributed by atoms with E-state index in [0.29, 0.717) is 24.8 Å². The molecule has 3 rings (SSSR count). The molecule has 0 amide bonds. The van der Waals surface area contributed by atoms with Gasteiger partial charge in [-0.05, 0) is 43.4 Å². The molecule has 8 heteroatoms. The zero-order valence-corrected chi connectivity index (χ0v) is 16.2. The Kier molecular flexibility index (Phi) is 6.24. The average molecular weight is 396 g/mol. The van der Waals surface area contributed by atoms with Crippen molar-refractivity contribution in [3.8, 4) is 0 Å². The first-order chi connectivity index (χ1) is 12.5. The van der Waals surface area contributed by atoms with Gasteiger partial charge in [-0.1, -0.05) is 17.7 Å². The second kappa shape index (κ2) is 8.43. The third kappa shape index (κ3) is 4.40. The monoisotopic (exact) mass is 395 g/mol. The Bertz CT molecular complexity index is 827. The highest BCUT2D eigenvalue weighted by atomic mass is 35.5. The first-order valence-corrected chi connectivity index (χ1v) is 10.4. The normalized spacial score (nSPS) is 17.3. The second-order valence-corrected chi connectivity index (χ2v) is 8.76. The number of rotatable bonds is 6. The molecule has 0 N–H and O–H groups in total. The minimum Gasteiger partial charge on any atom is -0.381 e. The molecule has 2 aromatic rings. The van der Waals surface area contributed by atoms with Crippen molar-refractivity contribution in [2.45, 2.75) is 30.7 Å². The van der Waals surface area contributed by atoms with Crippen molar-refractivity contribution in [2.24, 2.45) is 5.92 Å². The van der Waals surface area contributed by atoms with Gasteiger partial charge in [0.2, 0.25) is 10.0 Å². The molecule has 2 aromatic heterocycles. The first-order valence-electron chi connectivity index (χ1n) is 8.58. The summed E-state index contributed by atoms with van der Waals surface area (Å²) in [6, 6.07) is 4.79. The fourth-order valence-corrected chi connectivity index (χ4v) is 5.03. The van der Waals surface area contributed by atoms with Crippen LogP contribution in [0.3, 0.4) is 0 Å². The number of pyridine rings is 2. The number of aromatic nitrogens is 2. The summed E-state index contributed by atoms with van der Waals surface area (Å²) >= 11 is 5.97. The van der Waals surface area contributed by atoms with Crippen LogP contribution >= 0.6 is 11.6 Å². The van der Waals surface area contributed by atoms with Gasteiger partial charge < -0.3 is 4.74 Å². The Labute approximate surface area is 159 Å². The lowest BCUT2D eigenvalue weighted by Crippen LogP contribution is -2.39. The second-order valence-electron chi connectivity index (χ2n) is 6.43. The fourth-order valence-electron chi connectivity index (χ4n) is 3.11. The molecule has 0 bridgehead atoms. The molecule has 6 nitrogen and oxygen atoms in total. The summed E-state index contributed by atoms with van der Waals surface area (Å²) in [5.41, 5.74) is 0.845. The first kappa shape index (κ1) is 19.2. The van der Waals surface area contributed by atoms with E-state index in [0.717, 1.165) is 18.4 Å². The number of ether oxygens (including phenoxy) is 1. The van der Waals surface area contributed by atoms with Gasteiger partial charge >= 0.3 is 0 Å². The number of sulfonamides is 1. The molecule has 1 aliphatic rings. The SMILES string of the molecule is C[C@@H](c1cccnc1)N(CC1CCOCC1)S(=O)(=O)c1cncc(Cl)c1. The zero-order valence-electron chi connectivity index (χ0n) is 14.6. The maximum absolute atomic E-state index is 13.3. The molecule has 0 saturated carbocycles. The van der Waals surface area contributed by atoms with Gasteiger partial charge in [0.05, 0.1) is 5.02 Å². The largest absolute Gasteiger partial charge is 0.381 e. The highest BCUT2D eigenvalue weighted by molar-refractivity contribution is 7.89. The van der Waals surface area contributed by atoms with Crippen LogP contribution in [0.15, 0.2) is 47.9 Å². The van der Waals surface area contributed by atoms with Crippen molar-refractivity contribution in [2.75, 3.05) is 19.8 Å². The van der Waals surface area contributed by atoms with Crippen LogP contribution in [0.1, 0.15) is 31.4 Å². The Balaban J connectivity index is 1.96. The quantitative estimate of drug-likeness (QED) is 0.750. The molecule has 1 saturated heterocycles. The van der Waals surface area contributed by atoms with E-state index in [1.54, 1.807) is 12.4 Å². The van der Waals surface area contributed by atoms with Gasteiger partial charge in [0.15, 0.2) is 0 Å². The van der Waals surface area contributed by atoms with Crippen molar-refractivity contribution in [1.82, 2.24) is 14.3 Å². The summed E-state index contributed by atoms with van der Waals surface area (Å²) in [5, 5.41) is 0.297. The van der Waals surface area contributed by atoms with Crippen molar-refractivity contribution in [3.05, 3.63) is 53.6 Å². The van der Waals surface area contributed by atoms with Crippen LogP contribution < -0.4 is 0 Å². The Morgan fingerprint density at radius 3 is 2.69 bits per heavy atom. The third-order valence-corrected chi connectivity index (χ3v) is 6.77. The number of hydrogen-bond acceptors (Lipinski definition) is 5. The van der Waals surface area contributed by atoms with Gasteiger partial charge in [0.1, 0.15) is 4.90 Å². The Morgan fingerprint density at radius 1 is 1.27 bits per heavy atom. The summed E-state index contributed by atoms with van der Waals surface area (Å²) in [4.78, 5) is 8.18. The topological polar surface area (TPSA) is 72.4 Å².